The molecule has 2 aromatic carbocycles. The van der Waals surface area contributed by atoms with Crippen molar-refractivity contribution in [2.75, 3.05) is 0 Å². The molecule has 0 fully saturated rings. The number of aromatic nitrogens is 1. The van der Waals surface area contributed by atoms with Gasteiger partial charge in [-0.1, -0.05) is 0 Å². The van der Waals surface area contributed by atoms with Crippen molar-refractivity contribution in [1.82, 2.24) is 3.56 Å². The van der Waals surface area contributed by atoms with E-state index in [0.717, 1.165) is 4.64 Å². The van der Waals surface area contributed by atoms with E-state index in [0.29, 0.717) is 0 Å². The Morgan fingerprint density at radius 2 is 1.78 bits per heavy atom. The molecule has 0 atom stereocenters. The van der Waals surface area contributed by atoms with Gasteiger partial charge in [-0.15, -0.1) is 0 Å². The van der Waals surface area contributed by atoms with Gasteiger partial charge in [0.25, 0.3) is 0 Å². The fourth-order valence-corrected chi connectivity index (χ4v) is 4.96. The molecule has 0 saturated heterocycles. The molecule has 0 radical (unpaired) electrons. The standard InChI is InChI=1S/C15H13NSSe/c1-10-6-5-8-13(11(10)2)16-15(17)12-7-3-4-9-14(12)18-16/h3-9H,1-2H3. The third-order valence-corrected chi connectivity index (χ3v) is 6.29. The van der Waals surface area contributed by atoms with Crippen LogP contribution < -0.4 is 0 Å². The Bertz CT molecular complexity index is 783. The van der Waals surface area contributed by atoms with Gasteiger partial charge in [0, 0.05) is 0 Å². The summed E-state index contributed by atoms with van der Waals surface area (Å²) in [5.74, 6) is 0. The van der Waals surface area contributed by atoms with Gasteiger partial charge >= 0.3 is 118 Å². The molecule has 0 bridgehead atoms. The van der Waals surface area contributed by atoms with Gasteiger partial charge in [0.15, 0.2) is 0 Å². The van der Waals surface area contributed by atoms with Crippen LogP contribution in [0.5, 0.6) is 0 Å². The zero-order valence-corrected chi connectivity index (χ0v) is 12.8. The van der Waals surface area contributed by atoms with E-state index in [4.69, 9.17) is 12.2 Å². The Balaban J connectivity index is 2.36. The van der Waals surface area contributed by atoms with Gasteiger partial charge in [0.2, 0.25) is 0 Å². The van der Waals surface area contributed by atoms with E-state index < -0.39 is 0 Å². The minimum absolute atomic E-state index is 0.270. The van der Waals surface area contributed by atoms with Crippen molar-refractivity contribution in [3.8, 4) is 5.69 Å². The maximum atomic E-state index is 5.62. The molecule has 90 valence electrons. The van der Waals surface area contributed by atoms with Crippen molar-refractivity contribution >= 4 is 36.6 Å². The molecule has 0 aliphatic rings. The molecule has 3 rings (SSSR count). The molecule has 0 aliphatic carbocycles. The predicted molar refractivity (Wildman–Crippen MR) is 80.5 cm³/mol. The van der Waals surface area contributed by atoms with E-state index in [1.807, 2.05) is 0 Å². The number of hydrogen-bond donors (Lipinski definition) is 0. The molecule has 0 saturated carbocycles. The van der Waals surface area contributed by atoms with Crippen LogP contribution >= 0.6 is 12.2 Å². The van der Waals surface area contributed by atoms with Crippen molar-refractivity contribution in [3.05, 3.63) is 58.2 Å². The van der Waals surface area contributed by atoms with Crippen LogP contribution in [0.1, 0.15) is 11.1 Å². The van der Waals surface area contributed by atoms with E-state index in [1.165, 1.54) is 26.5 Å². The van der Waals surface area contributed by atoms with Gasteiger partial charge in [0.05, 0.1) is 0 Å². The number of benzene rings is 2. The number of fused-ring (bicyclic) bond motifs is 1. The average molecular weight is 318 g/mol. The van der Waals surface area contributed by atoms with E-state index in [2.05, 4.69) is 59.9 Å². The summed E-state index contributed by atoms with van der Waals surface area (Å²) in [5.41, 5.74) is 3.91. The van der Waals surface area contributed by atoms with Crippen LogP contribution in [0.25, 0.3) is 15.3 Å². The van der Waals surface area contributed by atoms with Crippen LogP contribution in [0.2, 0.25) is 0 Å². The zero-order chi connectivity index (χ0) is 12.7. The van der Waals surface area contributed by atoms with Crippen molar-refractivity contribution in [2.24, 2.45) is 0 Å². The summed E-state index contributed by atoms with van der Waals surface area (Å²) in [6.45, 7) is 4.32. The summed E-state index contributed by atoms with van der Waals surface area (Å²) in [4.78, 5) is 0. The Labute approximate surface area is 118 Å². The minimum atomic E-state index is 0.270. The first-order valence-corrected chi connectivity index (χ1v) is 7.89. The Kier molecular flexibility index (Phi) is 2.98. The summed E-state index contributed by atoms with van der Waals surface area (Å²) in [6.07, 6.45) is 0. The number of nitrogens with zero attached hydrogens (tertiary/aromatic N) is 1. The molecule has 1 heterocycles. The van der Waals surface area contributed by atoms with Gasteiger partial charge < -0.3 is 0 Å². The molecule has 0 amide bonds. The molecule has 1 aromatic heterocycles. The van der Waals surface area contributed by atoms with E-state index in [9.17, 15) is 0 Å². The van der Waals surface area contributed by atoms with Crippen molar-refractivity contribution < 1.29 is 0 Å². The molecule has 0 N–H and O–H groups in total. The van der Waals surface area contributed by atoms with Crippen LogP contribution in [0, 0.1) is 18.5 Å². The van der Waals surface area contributed by atoms with Crippen LogP contribution in [-0.4, -0.2) is 18.3 Å². The number of rotatable bonds is 1. The Morgan fingerprint density at radius 3 is 2.56 bits per heavy atom. The molecular formula is C15H13NSSe. The van der Waals surface area contributed by atoms with Gasteiger partial charge in [-0.05, 0) is 0 Å². The molecular weight excluding hydrogens is 305 g/mol. The SMILES string of the molecule is Cc1cccc(-n2[se]c3ccccc3c2=S)c1C. The monoisotopic (exact) mass is 319 g/mol. The van der Waals surface area contributed by atoms with E-state index in [1.54, 1.807) is 0 Å². The van der Waals surface area contributed by atoms with Crippen molar-refractivity contribution in [2.45, 2.75) is 13.8 Å². The average Bonchev–Trinajstić information content (AvgIpc) is 2.71. The summed E-state index contributed by atoms with van der Waals surface area (Å²) in [5, 5.41) is 1.23. The second-order valence-electron chi connectivity index (χ2n) is 4.41. The molecule has 3 aromatic rings. The molecule has 0 unspecified atom stereocenters. The number of aryl methyl sites for hydroxylation is 1. The van der Waals surface area contributed by atoms with Gasteiger partial charge in [-0.2, -0.15) is 0 Å². The van der Waals surface area contributed by atoms with Crippen LogP contribution in [0.15, 0.2) is 42.5 Å². The molecule has 3 heteroatoms. The van der Waals surface area contributed by atoms with Crippen LogP contribution in [0.3, 0.4) is 0 Å². The summed E-state index contributed by atoms with van der Waals surface area (Å²) < 4.78 is 4.66. The van der Waals surface area contributed by atoms with Gasteiger partial charge in [-0.25, -0.2) is 0 Å². The number of hydrogen-bond acceptors (Lipinski definition) is 1. The topological polar surface area (TPSA) is 4.93 Å². The van der Waals surface area contributed by atoms with E-state index >= 15 is 0 Å². The predicted octanol–water partition coefficient (Wildman–Crippen LogP) is 4.03. The zero-order valence-electron chi connectivity index (χ0n) is 10.3. The Morgan fingerprint density at radius 1 is 1.00 bits per heavy atom. The molecule has 0 spiro atoms. The second kappa shape index (κ2) is 4.51. The third kappa shape index (κ3) is 1.79. The van der Waals surface area contributed by atoms with Crippen LogP contribution in [-0.2, 0) is 0 Å². The van der Waals surface area contributed by atoms with Gasteiger partial charge in [0.1, 0.15) is 0 Å². The maximum absolute atomic E-state index is 5.62. The fourth-order valence-electron chi connectivity index (χ4n) is 2.09. The first-order chi connectivity index (χ1) is 8.68. The molecule has 18 heavy (non-hydrogen) atoms. The Hall–Kier alpha value is -1.15. The third-order valence-electron chi connectivity index (χ3n) is 3.29. The molecule has 0 aliphatic heterocycles. The van der Waals surface area contributed by atoms with Crippen LogP contribution in [0.4, 0.5) is 0 Å². The fraction of sp³-hybridized carbons (Fsp3) is 0.133. The normalized spacial score (nSPS) is 11.0. The summed E-state index contributed by atoms with van der Waals surface area (Å²) in [6, 6.07) is 14.9. The van der Waals surface area contributed by atoms with Crippen molar-refractivity contribution in [3.63, 3.8) is 0 Å². The van der Waals surface area contributed by atoms with E-state index in [-0.39, 0.29) is 14.7 Å². The van der Waals surface area contributed by atoms with Gasteiger partial charge in [-0.3, -0.25) is 0 Å². The summed E-state index contributed by atoms with van der Waals surface area (Å²) >= 11 is 5.89. The first-order valence-electron chi connectivity index (χ1n) is 5.86. The second-order valence-corrected chi connectivity index (χ2v) is 6.86. The molecule has 1 nitrogen and oxygen atoms in total. The van der Waals surface area contributed by atoms with Crippen molar-refractivity contribution in [1.29, 1.82) is 0 Å². The quantitative estimate of drug-likeness (QED) is 0.484. The first kappa shape index (κ1) is 11.9. The summed E-state index contributed by atoms with van der Waals surface area (Å²) in [7, 11) is 0.